The minimum Gasteiger partial charge on any atom is -0.491 e. The number of hydrogen-bond donors (Lipinski definition) is 2. The van der Waals surface area contributed by atoms with Crippen molar-refractivity contribution >= 4 is 11.7 Å². The van der Waals surface area contributed by atoms with Crippen LogP contribution in [0.4, 0.5) is 14.9 Å². The van der Waals surface area contributed by atoms with Gasteiger partial charge in [0.2, 0.25) is 0 Å². The van der Waals surface area contributed by atoms with Crippen LogP contribution >= 0.6 is 0 Å². The van der Waals surface area contributed by atoms with Gasteiger partial charge in [-0.15, -0.1) is 0 Å². The standard InChI is InChI=1S/C17H17FN2O2/c1-11-6-7-13(9-15(11)18)19-17(21)20-14-8-12-4-2-3-5-16(12)22-10-14/h2-7,9,14H,8,10H2,1H3,(H2,19,20,21)/t14-/m1/s1. The van der Waals surface area contributed by atoms with Crippen LogP contribution in [0.3, 0.4) is 0 Å². The molecule has 2 aromatic carbocycles. The fourth-order valence-corrected chi connectivity index (χ4v) is 2.44. The molecule has 1 aliphatic rings. The number of halogens is 1. The third-order valence-electron chi connectivity index (χ3n) is 3.64. The molecule has 0 spiro atoms. The van der Waals surface area contributed by atoms with Crippen LogP contribution in [-0.4, -0.2) is 18.7 Å². The first-order valence-electron chi connectivity index (χ1n) is 7.16. The quantitative estimate of drug-likeness (QED) is 0.894. The molecule has 1 aliphatic heterocycles. The van der Waals surface area contributed by atoms with Gasteiger partial charge in [-0.1, -0.05) is 24.3 Å². The summed E-state index contributed by atoms with van der Waals surface area (Å²) in [5.41, 5.74) is 2.04. The maximum Gasteiger partial charge on any atom is 0.319 e. The lowest BCUT2D eigenvalue weighted by Gasteiger charge is -2.26. The number of aryl methyl sites for hydroxylation is 1. The van der Waals surface area contributed by atoms with Crippen molar-refractivity contribution in [2.24, 2.45) is 0 Å². The zero-order valence-corrected chi connectivity index (χ0v) is 12.2. The molecule has 4 nitrogen and oxygen atoms in total. The first-order valence-corrected chi connectivity index (χ1v) is 7.16. The number of hydrogen-bond acceptors (Lipinski definition) is 2. The number of amides is 2. The van der Waals surface area contributed by atoms with Crippen LogP contribution in [-0.2, 0) is 6.42 Å². The second kappa shape index (κ2) is 6.05. The predicted octanol–water partition coefficient (Wildman–Crippen LogP) is 3.26. The number of ether oxygens (including phenoxy) is 1. The molecule has 0 fully saturated rings. The zero-order chi connectivity index (χ0) is 15.5. The molecule has 22 heavy (non-hydrogen) atoms. The maximum absolute atomic E-state index is 13.5. The van der Waals surface area contributed by atoms with Gasteiger partial charge in [-0.05, 0) is 42.7 Å². The van der Waals surface area contributed by atoms with Gasteiger partial charge in [0.05, 0.1) is 6.04 Å². The van der Waals surface area contributed by atoms with E-state index in [4.69, 9.17) is 4.74 Å². The number of carbonyl (C=O) groups excluding carboxylic acids is 1. The van der Waals surface area contributed by atoms with E-state index < -0.39 is 0 Å². The molecule has 1 atom stereocenters. The van der Waals surface area contributed by atoms with E-state index in [2.05, 4.69) is 10.6 Å². The van der Waals surface area contributed by atoms with E-state index in [-0.39, 0.29) is 17.9 Å². The lowest BCUT2D eigenvalue weighted by atomic mass is 10.0. The summed E-state index contributed by atoms with van der Waals surface area (Å²) in [6.07, 6.45) is 0.714. The van der Waals surface area contributed by atoms with Gasteiger partial charge >= 0.3 is 6.03 Å². The Labute approximate surface area is 128 Å². The first-order chi connectivity index (χ1) is 10.6. The summed E-state index contributed by atoms with van der Waals surface area (Å²) in [5.74, 6) is 0.522. The fourth-order valence-electron chi connectivity index (χ4n) is 2.44. The van der Waals surface area contributed by atoms with Gasteiger partial charge in [-0.2, -0.15) is 0 Å². The van der Waals surface area contributed by atoms with E-state index in [9.17, 15) is 9.18 Å². The molecule has 114 valence electrons. The number of rotatable bonds is 2. The van der Waals surface area contributed by atoms with Crippen molar-refractivity contribution in [2.75, 3.05) is 11.9 Å². The summed E-state index contributed by atoms with van der Waals surface area (Å²) in [7, 11) is 0. The Morgan fingerprint density at radius 3 is 2.91 bits per heavy atom. The highest BCUT2D eigenvalue weighted by Crippen LogP contribution is 2.23. The molecular formula is C17H17FN2O2. The second-order valence-electron chi connectivity index (χ2n) is 5.38. The van der Waals surface area contributed by atoms with Crippen LogP contribution in [0.1, 0.15) is 11.1 Å². The molecule has 0 saturated carbocycles. The number of nitrogens with one attached hydrogen (secondary N) is 2. The number of urea groups is 1. The topological polar surface area (TPSA) is 50.4 Å². The van der Waals surface area contributed by atoms with E-state index in [1.807, 2.05) is 24.3 Å². The van der Waals surface area contributed by atoms with E-state index >= 15 is 0 Å². The molecule has 0 aliphatic carbocycles. The van der Waals surface area contributed by atoms with Crippen molar-refractivity contribution in [3.8, 4) is 5.75 Å². The molecule has 2 amide bonds. The normalized spacial score (nSPS) is 16.4. The van der Waals surface area contributed by atoms with Gasteiger partial charge in [-0.3, -0.25) is 0 Å². The van der Waals surface area contributed by atoms with Crippen molar-refractivity contribution in [1.29, 1.82) is 0 Å². The Bertz CT molecular complexity index is 703. The van der Waals surface area contributed by atoms with Gasteiger partial charge in [-0.25, -0.2) is 9.18 Å². The van der Waals surface area contributed by atoms with Gasteiger partial charge in [0.15, 0.2) is 0 Å². The minimum atomic E-state index is -0.365. The summed E-state index contributed by atoms with van der Waals surface area (Å²) in [4.78, 5) is 12.0. The third-order valence-corrected chi connectivity index (χ3v) is 3.64. The molecule has 2 N–H and O–H groups in total. The van der Waals surface area contributed by atoms with E-state index in [1.165, 1.54) is 6.07 Å². The average Bonchev–Trinajstić information content (AvgIpc) is 2.51. The van der Waals surface area contributed by atoms with Crippen molar-refractivity contribution in [3.63, 3.8) is 0 Å². The molecule has 0 aromatic heterocycles. The van der Waals surface area contributed by atoms with Crippen LogP contribution < -0.4 is 15.4 Å². The van der Waals surface area contributed by atoms with Gasteiger partial charge in [0.1, 0.15) is 18.2 Å². The number of anilines is 1. The monoisotopic (exact) mass is 300 g/mol. The number of fused-ring (bicyclic) bond motifs is 1. The Balaban J connectivity index is 1.59. The van der Waals surface area contributed by atoms with Crippen LogP contribution in [0.5, 0.6) is 5.75 Å². The maximum atomic E-state index is 13.5. The van der Waals surface area contributed by atoms with Gasteiger partial charge in [0.25, 0.3) is 0 Å². The SMILES string of the molecule is Cc1ccc(NC(=O)N[C@H]2COc3ccccc3C2)cc1F. The summed E-state index contributed by atoms with van der Waals surface area (Å²) in [6.45, 7) is 2.10. The van der Waals surface area contributed by atoms with Crippen molar-refractivity contribution in [1.82, 2.24) is 5.32 Å². The Kier molecular flexibility index (Phi) is 3.96. The van der Waals surface area contributed by atoms with Crippen LogP contribution in [0.2, 0.25) is 0 Å². The number of para-hydroxylation sites is 1. The molecule has 2 aromatic rings. The van der Waals surface area contributed by atoms with Crippen LogP contribution in [0, 0.1) is 12.7 Å². The van der Waals surface area contributed by atoms with E-state index in [0.717, 1.165) is 11.3 Å². The van der Waals surface area contributed by atoms with Crippen LogP contribution in [0.25, 0.3) is 0 Å². The second-order valence-corrected chi connectivity index (χ2v) is 5.38. The molecule has 1 heterocycles. The molecule has 3 rings (SSSR count). The highest BCUT2D eigenvalue weighted by Gasteiger charge is 2.21. The summed E-state index contributed by atoms with van der Waals surface area (Å²) < 4.78 is 19.1. The molecule has 0 unspecified atom stereocenters. The Morgan fingerprint density at radius 1 is 1.27 bits per heavy atom. The third kappa shape index (κ3) is 3.19. The molecule has 5 heteroatoms. The Hall–Kier alpha value is -2.56. The van der Waals surface area contributed by atoms with E-state index in [1.54, 1.807) is 19.1 Å². The molecular weight excluding hydrogens is 283 g/mol. The lowest BCUT2D eigenvalue weighted by molar-refractivity contribution is 0.222. The highest BCUT2D eigenvalue weighted by atomic mass is 19.1. The van der Waals surface area contributed by atoms with E-state index in [0.29, 0.717) is 24.3 Å². The largest absolute Gasteiger partial charge is 0.491 e. The summed E-state index contributed by atoms with van der Waals surface area (Å²) >= 11 is 0. The first kappa shape index (κ1) is 14.4. The Morgan fingerprint density at radius 2 is 2.09 bits per heavy atom. The van der Waals surface area contributed by atoms with Crippen molar-refractivity contribution < 1.29 is 13.9 Å². The average molecular weight is 300 g/mol. The summed E-state index contributed by atoms with van der Waals surface area (Å²) in [5, 5.41) is 5.48. The summed E-state index contributed by atoms with van der Waals surface area (Å²) in [6, 6.07) is 11.9. The molecule has 0 saturated heterocycles. The van der Waals surface area contributed by atoms with Crippen LogP contribution in [0.15, 0.2) is 42.5 Å². The molecule has 0 bridgehead atoms. The lowest BCUT2D eigenvalue weighted by Crippen LogP contribution is -2.44. The number of benzene rings is 2. The van der Waals surface area contributed by atoms with Gasteiger partial charge < -0.3 is 15.4 Å². The van der Waals surface area contributed by atoms with Gasteiger partial charge in [0, 0.05) is 5.69 Å². The predicted molar refractivity (Wildman–Crippen MR) is 82.7 cm³/mol. The number of carbonyl (C=O) groups is 1. The zero-order valence-electron chi connectivity index (χ0n) is 12.2. The van der Waals surface area contributed by atoms with Crippen molar-refractivity contribution in [3.05, 3.63) is 59.4 Å². The fraction of sp³-hybridized carbons (Fsp3) is 0.235. The van der Waals surface area contributed by atoms with Crippen molar-refractivity contribution in [2.45, 2.75) is 19.4 Å². The smallest absolute Gasteiger partial charge is 0.319 e. The molecule has 0 radical (unpaired) electrons. The highest BCUT2D eigenvalue weighted by molar-refractivity contribution is 5.89. The minimum absolute atomic E-state index is 0.106.